The first-order valence-corrected chi connectivity index (χ1v) is 8.47. The van der Waals surface area contributed by atoms with E-state index in [0.717, 1.165) is 22.2 Å². The number of aliphatic imine (C=N–C) groups is 1. The van der Waals surface area contributed by atoms with Crippen LogP contribution in [0.5, 0.6) is 0 Å². The number of aryl methyl sites for hydroxylation is 1. The summed E-state index contributed by atoms with van der Waals surface area (Å²) in [5.41, 5.74) is 4.00. The van der Waals surface area contributed by atoms with Gasteiger partial charge in [0, 0.05) is 35.4 Å². The van der Waals surface area contributed by atoms with Crippen LogP contribution >= 0.6 is 0 Å². The third kappa shape index (κ3) is 2.50. The number of hydrogen-bond acceptors (Lipinski definition) is 3. The molecule has 4 heteroatoms. The highest BCUT2D eigenvalue weighted by Crippen LogP contribution is 2.37. The molecule has 1 aromatic heterocycles. The van der Waals surface area contributed by atoms with Crippen LogP contribution in [0.4, 0.5) is 0 Å². The van der Waals surface area contributed by atoms with Gasteiger partial charge in [-0.05, 0) is 52.8 Å². The second kappa shape index (κ2) is 6.16. The number of allylic oxidation sites excluding steroid dienone is 1. The summed E-state index contributed by atoms with van der Waals surface area (Å²) in [6, 6.07) is 9.35. The van der Waals surface area contributed by atoms with Crippen molar-refractivity contribution in [2.75, 3.05) is 0 Å². The summed E-state index contributed by atoms with van der Waals surface area (Å²) >= 11 is 0. The number of benzene rings is 1. The first-order valence-electron chi connectivity index (χ1n) is 8.47. The summed E-state index contributed by atoms with van der Waals surface area (Å²) in [4.78, 5) is 6.92. The normalized spacial score (nSPS) is 17.2. The Morgan fingerprint density at radius 2 is 1.92 bits per heavy atom. The molecule has 0 amide bonds. The van der Waals surface area contributed by atoms with Crippen molar-refractivity contribution in [2.24, 2.45) is 4.99 Å². The van der Waals surface area contributed by atoms with Crippen molar-refractivity contribution in [3.63, 3.8) is 0 Å². The van der Waals surface area contributed by atoms with E-state index in [0.29, 0.717) is 6.04 Å². The maximum atomic E-state index is 9.91. The predicted molar refractivity (Wildman–Crippen MR) is 99.1 cm³/mol. The molecule has 2 heterocycles. The summed E-state index contributed by atoms with van der Waals surface area (Å²) in [6.45, 7) is 10.7. The summed E-state index contributed by atoms with van der Waals surface area (Å²) in [7, 11) is 0. The maximum Gasteiger partial charge on any atom is 0.163 e. The fourth-order valence-corrected chi connectivity index (χ4v) is 3.47. The molecule has 0 spiro atoms. The van der Waals surface area contributed by atoms with E-state index in [2.05, 4.69) is 74.6 Å². The lowest BCUT2D eigenvalue weighted by atomic mass is 10.1. The Morgan fingerprint density at radius 1 is 1.17 bits per heavy atom. The van der Waals surface area contributed by atoms with Crippen LogP contribution in [0.1, 0.15) is 56.7 Å². The van der Waals surface area contributed by atoms with Crippen LogP contribution in [0.15, 0.2) is 35.5 Å². The molecule has 24 heavy (non-hydrogen) atoms. The molecule has 124 valence electrons. The Kier molecular flexibility index (Phi) is 4.19. The van der Waals surface area contributed by atoms with Gasteiger partial charge in [-0.25, -0.2) is 0 Å². The molecule has 1 aliphatic rings. The molecule has 0 saturated heterocycles. The molecule has 0 bridgehead atoms. The van der Waals surface area contributed by atoms with Crippen LogP contribution in [0, 0.1) is 18.3 Å². The number of hydrogen-bond donors (Lipinski definition) is 0. The van der Waals surface area contributed by atoms with E-state index < -0.39 is 0 Å². The van der Waals surface area contributed by atoms with Gasteiger partial charge in [0.15, 0.2) is 6.17 Å². The van der Waals surface area contributed by atoms with Crippen LogP contribution in [0.25, 0.3) is 10.9 Å². The number of fused-ring (bicyclic) bond motifs is 1. The molecular formula is C20H24N4. The molecule has 0 radical (unpaired) electrons. The number of nitriles is 1. The minimum absolute atomic E-state index is 0.167. The van der Waals surface area contributed by atoms with Gasteiger partial charge in [-0.3, -0.25) is 4.99 Å². The third-order valence-electron chi connectivity index (χ3n) is 4.52. The van der Waals surface area contributed by atoms with Gasteiger partial charge in [0.25, 0.3) is 0 Å². The quantitative estimate of drug-likeness (QED) is 0.822. The highest BCUT2D eigenvalue weighted by atomic mass is 15.3. The van der Waals surface area contributed by atoms with Gasteiger partial charge in [0.05, 0.1) is 11.3 Å². The Labute approximate surface area is 143 Å². The molecule has 2 aromatic rings. The fourth-order valence-electron chi connectivity index (χ4n) is 3.47. The Hall–Kier alpha value is -2.54. The Balaban J connectivity index is 2.34. The number of nitrogens with zero attached hydrogens (tertiary/aromatic N) is 4. The lowest BCUT2D eigenvalue weighted by Gasteiger charge is -2.34. The number of aromatic nitrogens is 1. The van der Waals surface area contributed by atoms with Gasteiger partial charge in [0.2, 0.25) is 0 Å². The average Bonchev–Trinajstić information content (AvgIpc) is 2.88. The topological polar surface area (TPSA) is 44.3 Å². The number of rotatable bonds is 3. The Bertz CT molecular complexity index is 862. The molecule has 1 atom stereocenters. The standard InChI is InChI=1S/C20H24N4/c1-13(2)23-10-6-9-22-20(23)19-17(12-21)16-11-15(5)7-8-18(16)24(19)14(3)4/h6-11,13-14,20H,1-5H3. The van der Waals surface area contributed by atoms with Crippen molar-refractivity contribution < 1.29 is 0 Å². The van der Waals surface area contributed by atoms with Crippen LogP contribution in [0.3, 0.4) is 0 Å². The van der Waals surface area contributed by atoms with Crippen molar-refractivity contribution in [1.29, 1.82) is 5.26 Å². The molecule has 1 aromatic carbocycles. The summed E-state index contributed by atoms with van der Waals surface area (Å²) in [5.74, 6) is 0. The average molecular weight is 320 g/mol. The minimum atomic E-state index is -0.167. The monoisotopic (exact) mass is 320 g/mol. The molecule has 4 nitrogen and oxygen atoms in total. The van der Waals surface area contributed by atoms with E-state index in [1.54, 1.807) is 0 Å². The smallest absolute Gasteiger partial charge is 0.163 e. The van der Waals surface area contributed by atoms with Gasteiger partial charge in [-0.2, -0.15) is 5.26 Å². The van der Waals surface area contributed by atoms with Gasteiger partial charge in [-0.1, -0.05) is 11.6 Å². The van der Waals surface area contributed by atoms with Crippen molar-refractivity contribution in [1.82, 2.24) is 9.47 Å². The van der Waals surface area contributed by atoms with Gasteiger partial charge in [0.1, 0.15) is 6.07 Å². The lowest BCUT2D eigenvalue weighted by molar-refractivity contribution is 0.224. The lowest BCUT2D eigenvalue weighted by Crippen LogP contribution is -2.32. The van der Waals surface area contributed by atoms with Crippen LogP contribution in [0.2, 0.25) is 0 Å². The molecular weight excluding hydrogens is 296 g/mol. The third-order valence-corrected chi connectivity index (χ3v) is 4.52. The van der Waals surface area contributed by atoms with E-state index in [9.17, 15) is 5.26 Å². The first kappa shape index (κ1) is 16.3. The predicted octanol–water partition coefficient (Wildman–Crippen LogP) is 4.71. The van der Waals surface area contributed by atoms with Gasteiger partial charge >= 0.3 is 0 Å². The zero-order valence-electron chi connectivity index (χ0n) is 15.0. The largest absolute Gasteiger partial charge is 0.349 e. The van der Waals surface area contributed by atoms with Gasteiger partial charge in [-0.15, -0.1) is 0 Å². The molecule has 1 aliphatic heterocycles. The van der Waals surface area contributed by atoms with Crippen molar-refractivity contribution in [3.05, 3.63) is 47.3 Å². The van der Waals surface area contributed by atoms with E-state index >= 15 is 0 Å². The van der Waals surface area contributed by atoms with Crippen LogP contribution in [-0.4, -0.2) is 21.7 Å². The van der Waals surface area contributed by atoms with Crippen LogP contribution in [-0.2, 0) is 0 Å². The maximum absolute atomic E-state index is 9.91. The molecule has 0 fully saturated rings. The first-order chi connectivity index (χ1) is 11.5. The van der Waals surface area contributed by atoms with Crippen LogP contribution < -0.4 is 0 Å². The minimum Gasteiger partial charge on any atom is -0.349 e. The van der Waals surface area contributed by atoms with Crippen molar-refractivity contribution >= 4 is 17.1 Å². The zero-order valence-corrected chi connectivity index (χ0v) is 15.0. The molecule has 1 unspecified atom stereocenters. The summed E-state index contributed by atoms with van der Waals surface area (Å²) in [6.07, 6.45) is 5.68. The highest BCUT2D eigenvalue weighted by Gasteiger charge is 2.30. The highest BCUT2D eigenvalue weighted by molar-refractivity contribution is 5.89. The zero-order chi connectivity index (χ0) is 17.4. The van der Waals surface area contributed by atoms with Crippen molar-refractivity contribution in [3.8, 4) is 6.07 Å². The second-order valence-corrected chi connectivity index (χ2v) is 6.91. The molecule has 0 saturated carbocycles. The van der Waals surface area contributed by atoms with E-state index in [4.69, 9.17) is 4.99 Å². The summed E-state index contributed by atoms with van der Waals surface area (Å²) in [5, 5.41) is 10.9. The Morgan fingerprint density at radius 3 is 2.54 bits per heavy atom. The molecule has 0 aliphatic carbocycles. The fraction of sp³-hybridized carbons (Fsp3) is 0.400. The molecule has 0 N–H and O–H groups in total. The van der Waals surface area contributed by atoms with Gasteiger partial charge < -0.3 is 9.47 Å². The molecule has 3 rings (SSSR count). The van der Waals surface area contributed by atoms with Crippen molar-refractivity contribution in [2.45, 2.75) is 52.9 Å². The van der Waals surface area contributed by atoms with E-state index in [1.807, 2.05) is 12.3 Å². The van der Waals surface area contributed by atoms with E-state index in [-0.39, 0.29) is 12.2 Å². The SMILES string of the molecule is Cc1ccc2c(c1)c(C#N)c(C1N=CC=CN1C(C)C)n2C(C)C. The second-order valence-electron chi connectivity index (χ2n) is 6.91. The summed E-state index contributed by atoms with van der Waals surface area (Å²) < 4.78 is 2.27. The van der Waals surface area contributed by atoms with E-state index in [1.165, 1.54) is 5.56 Å².